The van der Waals surface area contributed by atoms with Crippen LogP contribution in [-0.2, 0) is 89.8 Å². The van der Waals surface area contributed by atoms with Crippen LogP contribution in [0.15, 0.2) is 59.4 Å². The molecule has 4 atom stereocenters. The van der Waals surface area contributed by atoms with E-state index < -0.39 is 41.7 Å². The van der Waals surface area contributed by atoms with Gasteiger partial charge in [-0.1, -0.05) is 43.3 Å². The van der Waals surface area contributed by atoms with Crippen molar-refractivity contribution in [3.05, 3.63) is 110 Å². The van der Waals surface area contributed by atoms with Gasteiger partial charge in [0.25, 0.3) is 11.5 Å². The van der Waals surface area contributed by atoms with Gasteiger partial charge < -0.3 is 61.6 Å². The molecule has 9 N–H and O–H groups in total. The summed E-state index contributed by atoms with van der Waals surface area (Å²) < 4.78 is 26.5. The number of carbonyl (C=O) groups excluding carboxylic acids is 9. The number of carbonyl (C=O) groups is 10. The number of aryl methyl sites for hydroxylation is 2. The van der Waals surface area contributed by atoms with Crippen LogP contribution in [0.1, 0.15) is 92.3 Å². The highest BCUT2D eigenvalue weighted by Crippen LogP contribution is 2.41. The second-order valence-electron chi connectivity index (χ2n) is 18.5. The smallest absolute Gasteiger partial charge is 0.317 e. The van der Waals surface area contributed by atoms with Crippen molar-refractivity contribution in [3.63, 3.8) is 0 Å². The molecule has 81 heavy (non-hydrogen) atoms. The SMILES string of the molecule is C/C=C\C(=O)N(C=O)[C@H](CNCC(=O)O)C(=O)NCC.CC(Cc1ccccc1)NC(=O)CNC=O.CC(OCNC(=O)CNC=O)C(N)=O.CCC(C=O)c1cc2n(c(=O)c1COC)Cc1c-2nc2cc(F)c(C)c3c2c1CCC3. The second-order valence-corrected chi connectivity index (χ2v) is 18.5. The Morgan fingerprint density at radius 2 is 1.59 bits per heavy atom. The lowest BCUT2D eigenvalue weighted by Gasteiger charge is -2.24. The maximum absolute atomic E-state index is 14.6. The first kappa shape index (κ1) is 66.7. The number of aromatic nitrogens is 2. The van der Waals surface area contributed by atoms with Crippen molar-refractivity contribution in [1.82, 2.24) is 46.4 Å². The third kappa shape index (κ3) is 19.6. The van der Waals surface area contributed by atoms with Gasteiger partial charge in [-0.15, -0.1) is 0 Å². The molecule has 3 heterocycles. The molecular formula is C56H73FN10O14. The lowest BCUT2D eigenvalue weighted by Crippen LogP contribution is -2.53. The van der Waals surface area contributed by atoms with Gasteiger partial charge in [-0.05, 0) is 107 Å². The molecule has 4 aromatic rings. The highest BCUT2D eigenvalue weighted by Gasteiger charge is 2.32. The van der Waals surface area contributed by atoms with Crippen molar-refractivity contribution < 1.29 is 66.9 Å². The molecule has 25 heteroatoms. The van der Waals surface area contributed by atoms with Crippen molar-refractivity contribution in [3.8, 4) is 11.4 Å². The number of aliphatic carboxylic acids is 1. The highest BCUT2D eigenvalue weighted by atomic mass is 19.1. The van der Waals surface area contributed by atoms with E-state index in [1.54, 1.807) is 25.5 Å². The number of benzene rings is 2. The van der Waals surface area contributed by atoms with E-state index in [0.717, 1.165) is 65.2 Å². The summed E-state index contributed by atoms with van der Waals surface area (Å²) in [7, 11) is 1.55. The Kier molecular flexibility index (Phi) is 28.4. The number of hydrogen-bond donors (Lipinski definition) is 8. The Morgan fingerprint density at radius 3 is 2.17 bits per heavy atom. The molecule has 0 saturated carbocycles. The summed E-state index contributed by atoms with van der Waals surface area (Å²) in [4.78, 5) is 128. The number of rotatable bonds is 27. The number of allylic oxidation sites excluding steroid dienone is 1. The first-order valence-electron chi connectivity index (χ1n) is 26.1. The number of carboxylic acids is 1. The minimum Gasteiger partial charge on any atom is -0.480 e. The Bertz CT molecular complexity index is 2950. The fraction of sp³-hybridized carbons (Fsp3) is 0.429. The predicted molar refractivity (Wildman–Crippen MR) is 296 cm³/mol. The maximum atomic E-state index is 14.6. The number of hydrogen-bond acceptors (Lipinski definition) is 15. The molecule has 0 radical (unpaired) electrons. The first-order chi connectivity index (χ1) is 38.8. The summed E-state index contributed by atoms with van der Waals surface area (Å²) in [5.41, 5.74) is 13.2. The molecule has 2 aliphatic rings. The van der Waals surface area contributed by atoms with Gasteiger partial charge in [-0.3, -0.25) is 52.8 Å². The average molecular weight is 1130 g/mol. The monoisotopic (exact) mass is 1130 g/mol. The van der Waals surface area contributed by atoms with E-state index >= 15 is 0 Å². The summed E-state index contributed by atoms with van der Waals surface area (Å²) >= 11 is 0. The number of pyridine rings is 2. The molecule has 1 aliphatic heterocycles. The van der Waals surface area contributed by atoms with Crippen LogP contribution in [0.2, 0.25) is 0 Å². The molecule has 0 bridgehead atoms. The highest BCUT2D eigenvalue weighted by molar-refractivity contribution is 5.99. The Labute approximate surface area is 468 Å². The molecule has 24 nitrogen and oxygen atoms in total. The Hall–Kier alpha value is -8.55. The zero-order valence-electron chi connectivity index (χ0n) is 46.6. The van der Waals surface area contributed by atoms with Crippen LogP contribution in [0.4, 0.5) is 4.39 Å². The molecule has 438 valence electrons. The number of fused-ring (bicyclic) bond motifs is 4. The first-order valence-corrected chi connectivity index (χ1v) is 26.1. The van der Waals surface area contributed by atoms with E-state index in [2.05, 4.69) is 31.9 Å². The van der Waals surface area contributed by atoms with E-state index in [-0.39, 0.29) is 75.2 Å². The van der Waals surface area contributed by atoms with Gasteiger partial charge in [-0.2, -0.15) is 0 Å². The number of nitrogens with one attached hydrogen (secondary N) is 6. The van der Waals surface area contributed by atoms with Gasteiger partial charge in [0.1, 0.15) is 31.0 Å². The van der Waals surface area contributed by atoms with Crippen LogP contribution in [0.5, 0.6) is 0 Å². The minimum absolute atomic E-state index is 0.0304. The van der Waals surface area contributed by atoms with Gasteiger partial charge in [0.05, 0.1) is 49.7 Å². The summed E-state index contributed by atoms with van der Waals surface area (Å²) in [5, 5.41) is 24.2. The van der Waals surface area contributed by atoms with Crippen LogP contribution in [0, 0.1) is 12.7 Å². The predicted octanol–water partition coefficient (Wildman–Crippen LogP) is 1.10. The Morgan fingerprint density at radius 1 is 0.926 bits per heavy atom. The summed E-state index contributed by atoms with van der Waals surface area (Å²) in [6.45, 7) is 10.7. The molecule has 0 saturated heterocycles. The fourth-order valence-electron chi connectivity index (χ4n) is 8.77. The van der Waals surface area contributed by atoms with E-state index in [9.17, 15) is 57.1 Å². The van der Waals surface area contributed by atoms with E-state index in [0.29, 0.717) is 60.2 Å². The lowest BCUT2D eigenvalue weighted by molar-refractivity contribution is -0.143. The normalized spacial score (nSPS) is 13.0. The van der Waals surface area contributed by atoms with E-state index in [1.165, 1.54) is 30.2 Å². The van der Waals surface area contributed by atoms with Gasteiger partial charge in [0.15, 0.2) is 0 Å². The zero-order chi connectivity index (χ0) is 60.2. The van der Waals surface area contributed by atoms with Crippen molar-refractivity contribution >= 4 is 71.9 Å². The van der Waals surface area contributed by atoms with Crippen LogP contribution in [0.3, 0.4) is 0 Å². The number of aldehydes is 1. The van der Waals surface area contributed by atoms with Crippen molar-refractivity contribution in [2.24, 2.45) is 5.73 Å². The third-order valence-electron chi connectivity index (χ3n) is 12.7. The molecule has 0 spiro atoms. The largest absolute Gasteiger partial charge is 0.480 e. The van der Waals surface area contributed by atoms with Crippen LogP contribution >= 0.6 is 0 Å². The maximum Gasteiger partial charge on any atom is 0.317 e. The van der Waals surface area contributed by atoms with Crippen LogP contribution in [0.25, 0.3) is 22.3 Å². The van der Waals surface area contributed by atoms with Crippen molar-refractivity contribution in [2.75, 3.05) is 46.6 Å². The summed E-state index contributed by atoms with van der Waals surface area (Å²) in [5.74, 6) is -4.07. The standard InChI is InChI=1S/C25H25FN2O3.C12H19N3O5.C12H16N2O2.C7H13N3O4/c1-4-14(11-29)17-8-22-24-18(10-28(22)25(30)19(17)12-31-3)16-7-5-6-15-13(2)20(26)9-21(27-24)23(15)16;1-3-5-10(17)15(8-16)9(12(20)14-4-2)6-13-7-11(18)19;1-10(14-12(16)8-13-9-15)7-11-5-3-2-4-6-11;1-5(7(8)13)14-4-10-6(12)2-9-3-11/h8-9,11,14H,4-7,10,12H2,1-3H3;3,5,8-9,13H,4,6-7H2,1-2H3,(H,14,20)(H,18,19);2-6,9-10H,7-8H2,1H3,(H,13,15)(H,14,16);3,5H,2,4H2,1H3,(H2,8,13)(H,9,11)(H,10,12)/b;5-3-;;/t;9-;;/m.1../s1. The number of amides is 8. The van der Waals surface area contributed by atoms with Gasteiger partial charge in [-0.25, -0.2) is 9.37 Å². The van der Waals surface area contributed by atoms with E-state index in [4.69, 9.17) is 25.3 Å². The minimum atomic E-state index is -1.10. The Balaban J connectivity index is 0.000000301. The second kappa shape index (κ2) is 34.5. The van der Waals surface area contributed by atoms with Gasteiger partial charge in [0, 0.05) is 54.7 Å². The molecule has 2 aromatic heterocycles. The number of halogens is 1. The van der Waals surface area contributed by atoms with Crippen LogP contribution < -0.4 is 43.2 Å². The summed E-state index contributed by atoms with van der Waals surface area (Å²) in [6, 6.07) is 12.3. The van der Waals surface area contributed by atoms with Crippen LogP contribution in [-0.4, -0.2) is 145 Å². The molecule has 1 aliphatic carbocycles. The number of ether oxygens (including phenoxy) is 2. The topological polar surface area (TPSA) is 346 Å². The van der Waals surface area contributed by atoms with Gasteiger partial charge in [0.2, 0.25) is 42.9 Å². The number of methoxy groups -OCH3 is 1. The number of primary amides is 1. The number of carboxylic acid groups (broad SMARTS) is 1. The molecule has 0 fully saturated rings. The molecule has 6 rings (SSSR count). The third-order valence-corrected chi connectivity index (χ3v) is 12.7. The average Bonchev–Trinajstić information content (AvgIpc) is 3.88. The van der Waals surface area contributed by atoms with Crippen molar-refractivity contribution in [2.45, 2.75) is 111 Å². The fourth-order valence-corrected chi connectivity index (χ4v) is 8.77. The lowest BCUT2D eigenvalue weighted by atomic mass is 9.85. The number of imide groups is 1. The number of nitrogens with two attached hydrogens (primary N) is 1. The quantitative estimate of drug-likeness (QED) is 0.0207. The number of likely N-dealkylation sites (N-methyl/N-ethyl adjacent to an activating group) is 1. The van der Waals surface area contributed by atoms with Crippen molar-refractivity contribution in [1.29, 1.82) is 0 Å². The summed E-state index contributed by atoms with van der Waals surface area (Å²) in [6.07, 6.45) is 7.99. The molecule has 3 unspecified atom stereocenters. The number of nitrogens with zero attached hydrogens (tertiary/aromatic N) is 3. The molecule has 2 aromatic carbocycles. The molecular weight excluding hydrogens is 1060 g/mol. The van der Waals surface area contributed by atoms with Gasteiger partial charge >= 0.3 is 5.97 Å². The van der Waals surface area contributed by atoms with E-state index in [1.807, 2.05) is 57.2 Å². The zero-order valence-corrected chi connectivity index (χ0v) is 46.6. The molecule has 8 amide bonds.